The van der Waals surface area contributed by atoms with Gasteiger partial charge in [-0.3, -0.25) is 14.5 Å². The second-order valence-corrected chi connectivity index (χ2v) is 5.31. The molecule has 6 nitrogen and oxygen atoms in total. The van der Waals surface area contributed by atoms with Crippen LogP contribution in [-0.2, 0) is 15.8 Å². The summed E-state index contributed by atoms with van der Waals surface area (Å²) in [6, 6.07) is 6.21. The van der Waals surface area contributed by atoms with Gasteiger partial charge in [0.15, 0.2) is 5.82 Å². The maximum atomic E-state index is 12.9. The van der Waals surface area contributed by atoms with Gasteiger partial charge in [-0.1, -0.05) is 17.3 Å². The van der Waals surface area contributed by atoms with Crippen molar-refractivity contribution in [1.29, 1.82) is 0 Å². The Balaban J connectivity index is 2.04. The van der Waals surface area contributed by atoms with Crippen LogP contribution in [0.15, 0.2) is 34.9 Å². The molecular weight excluding hydrogens is 339 g/mol. The van der Waals surface area contributed by atoms with Crippen LogP contribution in [0.3, 0.4) is 0 Å². The smallest absolute Gasteiger partial charge is 0.360 e. The van der Waals surface area contributed by atoms with E-state index in [0.717, 1.165) is 6.07 Å². The van der Waals surface area contributed by atoms with Crippen LogP contribution >= 0.6 is 0 Å². The number of hydrogen-bond acceptors (Lipinski definition) is 4. The van der Waals surface area contributed by atoms with Gasteiger partial charge < -0.3 is 9.84 Å². The molecule has 0 saturated carbocycles. The normalized spacial score (nSPS) is 11.2. The summed E-state index contributed by atoms with van der Waals surface area (Å²) in [7, 11) is 0. The minimum Gasteiger partial charge on any atom is -0.360 e. The van der Waals surface area contributed by atoms with E-state index in [0.29, 0.717) is 5.76 Å². The lowest BCUT2D eigenvalue weighted by Crippen LogP contribution is -2.32. The van der Waals surface area contributed by atoms with E-state index >= 15 is 0 Å². The largest absolute Gasteiger partial charge is 0.418 e. The lowest BCUT2D eigenvalue weighted by atomic mass is 10.1. The van der Waals surface area contributed by atoms with Crippen LogP contribution in [0.25, 0.3) is 0 Å². The maximum Gasteiger partial charge on any atom is 0.418 e. The first-order chi connectivity index (χ1) is 11.7. The van der Waals surface area contributed by atoms with Crippen molar-refractivity contribution in [3.8, 4) is 0 Å². The summed E-state index contributed by atoms with van der Waals surface area (Å²) >= 11 is 0. The highest BCUT2D eigenvalue weighted by molar-refractivity contribution is 5.94. The first kappa shape index (κ1) is 18.5. The molecule has 0 spiro atoms. The second-order valence-electron chi connectivity index (χ2n) is 5.31. The van der Waals surface area contributed by atoms with Crippen LogP contribution in [0.5, 0.6) is 0 Å². The van der Waals surface area contributed by atoms with Crippen LogP contribution < -0.4 is 10.2 Å². The predicted molar refractivity (Wildman–Crippen MR) is 84.0 cm³/mol. The number of carbonyl (C=O) groups excluding carboxylic acids is 2. The molecule has 2 amide bonds. The fraction of sp³-hybridized carbons (Fsp3) is 0.312. The Morgan fingerprint density at radius 2 is 1.96 bits per heavy atom. The first-order valence-corrected chi connectivity index (χ1v) is 7.36. The van der Waals surface area contributed by atoms with Crippen LogP contribution in [0.2, 0.25) is 0 Å². The Labute approximate surface area is 141 Å². The van der Waals surface area contributed by atoms with Crippen molar-refractivity contribution in [3.63, 3.8) is 0 Å². The zero-order valence-electron chi connectivity index (χ0n) is 13.6. The summed E-state index contributed by atoms with van der Waals surface area (Å²) in [5.74, 6) is -0.279. The van der Waals surface area contributed by atoms with Gasteiger partial charge in [-0.05, 0) is 19.1 Å². The van der Waals surface area contributed by atoms with Crippen molar-refractivity contribution in [2.75, 3.05) is 16.8 Å². The minimum absolute atomic E-state index is 0.0404. The molecule has 1 N–H and O–H groups in total. The maximum absolute atomic E-state index is 12.9. The van der Waals surface area contributed by atoms with E-state index in [4.69, 9.17) is 4.52 Å². The standard InChI is InChI=1S/C16H16F3N3O3/c1-10-9-14(21-25-10)22(11(2)23)8-7-15(24)20-13-6-4-3-5-12(13)16(17,18)19/h3-6,9H,7-8H2,1-2H3,(H,20,24). The number of para-hydroxylation sites is 1. The highest BCUT2D eigenvalue weighted by Crippen LogP contribution is 2.34. The third-order valence-electron chi connectivity index (χ3n) is 3.34. The molecule has 1 heterocycles. The van der Waals surface area contributed by atoms with Crippen molar-refractivity contribution in [3.05, 3.63) is 41.7 Å². The zero-order chi connectivity index (χ0) is 18.6. The van der Waals surface area contributed by atoms with Crippen molar-refractivity contribution in [1.82, 2.24) is 5.16 Å². The average molecular weight is 355 g/mol. The Kier molecular flexibility index (Phi) is 5.45. The number of nitrogens with one attached hydrogen (secondary N) is 1. The van der Waals surface area contributed by atoms with Gasteiger partial charge >= 0.3 is 6.18 Å². The molecule has 9 heteroatoms. The second kappa shape index (κ2) is 7.37. The van der Waals surface area contributed by atoms with Gasteiger partial charge in [0.2, 0.25) is 11.8 Å². The molecule has 2 rings (SSSR count). The summed E-state index contributed by atoms with van der Waals surface area (Å²) in [6.45, 7) is 2.90. The number of halogens is 3. The number of alkyl halides is 3. The fourth-order valence-electron chi connectivity index (χ4n) is 2.18. The highest BCUT2D eigenvalue weighted by Gasteiger charge is 2.33. The molecule has 0 unspecified atom stereocenters. The number of anilines is 2. The summed E-state index contributed by atoms with van der Waals surface area (Å²) < 4.78 is 43.6. The third-order valence-corrected chi connectivity index (χ3v) is 3.34. The SMILES string of the molecule is CC(=O)N(CCC(=O)Nc1ccccc1C(F)(F)F)c1cc(C)on1. The van der Waals surface area contributed by atoms with Crippen LogP contribution in [0, 0.1) is 6.92 Å². The third kappa shape index (κ3) is 4.82. The van der Waals surface area contributed by atoms with Crippen molar-refractivity contribution < 1.29 is 27.3 Å². The van der Waals surface area contributed by atoms with Gasteiger partial charge in [0.25, 0.3) is 0 Å². The van der Waals surface area contributed by atoms with Crippen LogP contribution in [0.4, 0.5) is 24.7 Å². The van der Waals surface area contributed by atoms with Gasteiger partial charge in [0.05, 0.1) is 11.3 Å². The number of benzene rings is 1. The minimum atomic E-state index is -4.58. The van der Waals surface area contributed by atoms with Gasteiger partial charge in [-0.15, -0.1) is 0 Å². The molecule has 0 radical (unpaired) electrons. The summed E-state index contributed by atoms with van der Waals surface area (Å²) in [5.41, 5.74) is -1.26. The number of nitrogens with zero attached hydrogens (tertiary/aromatic N) is 2. The topological polar surface area (TPSA) is 75.4 Å². The number of rotatable bonds is 5. The zero-order valence-corrected chi connectivity index (χ0v) is 13.6. The van der Waals surface area contributed by atoms with Gasteiger partial charge in [-0.25, -0.2) is 0 Å². The molecule has 2 aromatic rings. The number of aromatic nitrogens is 1. The number of aryl methyl sites for hydroxylation is 1. The summed E-state index contributed by atoms with van der Waals surface area (Å²) in [6.07, 6.45) is -4.77. The first-order valence-electron chi connectivity index (χ1n) is 7.36. The number of carbonyl (C=O) groups is 2. The van der Waals surface area contributed by atoms with Gasteiger partial charge in [-0.2, -0.15) is 13.2 Å². The van der Waals surface area contributed by atoms with Crippen LogP contribution in [-0.4, -0.2) is 23.5 Å². The highest BCUT2D eigenvalue weighted by atomic mass is 19.4. The average Bonchev–Trinajstić information content (AvgIpc) is 2.93. The molecule has 1 aromatic heterocycles. The molecule has 0 bridgehead atoms. The monoisotopic (exact) mass is 355 g/mol. The molecule has 1 aromatic carbocycles. The molecule has 25 heavy (non-hydrogen) atoms. The molecule has 0 aliphatic heterocycles. The number of amides is 2. The van der Waals surface area contributed by atoms with Crippen LogP contribution in [0.1, 0.15) is 24.7 Å². The Bertz CT molecular complexity index is 771. The predicted octanol–water partition coefficient (Wildman–Crippen LogP) is 3.38. The quantitative estimate of drug-likeness (QED) is 0.892. The molecule has 134 valence electrons. The van der Waals surface area contributed by atoms with E-state index in [1.165, 1.54) is 36.1 Å². The molecular formula is C16H16F3N3O3. The van der Waals surface area contributed by atoms with E-state index in [9.17, 15) is 22.8 Å². The molecule has 0 aliphatic carbocycles. The van der Waals surface area contributed by atoms with E-state index < -0.39 is 17.6 Å². The summed E-state index contributed by atoms with van der Waals surface area (Å²) in [4.78, 5) is 24.9. The lowest BCUT2D eigenvalue weighted by Gasteiger charge is -2.18. The van der Waals surface area contributed by atoms with E-state index in [2.05, 4.69) is 10.5 Å². The summed E-state index contributed by atoms with van der Waals surface area (Å²) in [5, 5.41) is 5.92. The lowest BCUT2D eigenvalue weighted by molar-refractivity contribution is -0.137. The van der Waals surface area contributed by atoms with Crippen molar-refractivity contribution in [2.24, 2.45) is 0 Å². The molecule has 0 atom stereocenters. The van der Waals surface area contributed by atoms with E-state index in [1.807, 2.05) is 0 Å². The Hall–Kier alpha value is -2.84. The Morgan fingerprint density at radius 3 is 2.52 bits per heavy atom. The van der Waals surface area contributed by atoms with E-state index in [1.54, 1.807) is 6.92 Å². The fourth-order valence-corrected chi connectivity index (χ4v) is 2.18. The molecule has 0 fully saturated rings. The van der Waals surface area contributed by atoms with Gasteiger partial charge in [0.1, 0.15) is 5.76 Å². The number of hydrogen-bond donors (Lipinski definition) is 1. The Morgan fingerprint density at radius 1 is 1.28 bits per heavy atom. The van der Waals surface area contributed by atoms with E-state index in [-0.39, 0.29) is 30.4 Å². The van der Waals surface area contributed by atoms with Crippen molar-refractivity contribution in [2.45, 2.75) is 26.4 Å². The van der Waals surface area contributed by atoms with Gasteiger partial charge in [0, 0.05) is 26.0 Å². The molecule has 0 saturated heterocycles. The van der Waals surface area contributed by atoms with Crippen molar-refractivity contribution >= 4 is 23.3 Å². The molecule has 0 aliphatic rings.